The van der Waals surface area contributed by atoms with Gasteiger partial charge in [0.1, 0.15) is 0 Å². The number of allylic oxidation sites excluding steroid dienone is 22. The molecule has 0 radical (unpaired) electrons. The van der Waals surface area contributed by atoms with E-state index < -0.39 is 0 Å². The van der Waals surface area contributed by atoms with Crippen molar-refractivity contribution in [1.82, 2.24) is 4.90 Å². The lowest BCUT2D eigenvalue weighted by Crippen LogP contribution is -2.42. The van der Waals surface area contributed by atoms with Crippen LogP contribution in [0.1, 0.15) is 86.8 Å². The van der Waals surface area contributed by atoms with E-state index in [9.17, 15) is 0 Å². The van der Waals surface area contributed by atoms with E-state index in [1.165, 1.54) is 59.7 Å². The zero-order valence-electron chi connectivity index (χ0n) is 34.1. The first-order valence-electron chi connectivity index (χ1n) is 21.9. The Morgan fingerprint density at radius 1 is 0.707 bits per heavy atom. The first kappa shape index (κ1) is 37.1. The SMILES string of the molecule is CC1C=CC=C(C2=CCCc3c2sc2c(C4(C)C=CC(C5=CCC(N(C6=CC=C(C7C=CC=CC7)CC6)C6C=CC(c7ccccc7)=CC6)C=C5)=CC4)cccc32)C1. The summed E-state index contributed by atoms with van der Waals surface area (Å²) in [5.74, 6) is 1.14. The molecule has 0 fully saturated rings. The lowest BCUT2D eigenvalue weighted by atomic mass is 9.74. The molecule has 3 aromatic rings. The molecule has 0 saturated heterocycles. The molecule has 290 valence electrons. The van der Waals surface area contributed by atoms with E-state index in [1.54, 1.807) is 11.1 Å². The van der Waals surface area contributed by atoms with Crippen molar-refractivity contribution < 1.29 is 0 Å². The maximum Gasteiger partial charge on any atom is 0.0514 e. The molecule has 1 heterocycles. The second-order valence-electron chi connectivity index (χ2n) is 17.6. The third-order valence-electron chi connectivity index (χ3n) is 13.7. The fraction of sp³-hybridized carbons (Fsp3) is 0.286. The minimum Gasteiger partial charge on any atom is -0.361 e. The van der Waals surface area contributed by atoms with Crippen molar-refractivity contribution in [2.24, 2.45) is 11.8 Å². The maximum atomic E-state index is 2.74. The summed E-state index contributed by atoms with van der Waals surface area (Å²) in [7, 11) is 0. The minimum atomic E-state index is -0.0388. The number of aryl methyl sites for hydroxylation is 1. The van der Waals surface area contributed by atoms with Crippen LogP contribution < -0.4 is 0 Å². The second kappa shape index (κ2) is 15.9. The van der Waals surface area contributed by atoms with Gasteiger partial charge in [0.25, 0.3) is 0 Å². The highest BCUT2D eigenvalue weighted by Gasteiger charge is 2.32. The zero-order valence-corrected chi connectivity index (χ0v) is 34.9. The number of hydrogen-bond donors (Lipinski definition) is 0. The molecule has 0 amide bonds. The van der Waals surface area contributed by atoms with Crippen LogP contribution in [0, 0.1) is 11.8 Å². The highest BCUT2D eigenvalue weighted by molar-refractivity contribution is 7.20. The summed E-state index contributed by atoms with van der Waals surface area (Å²) in [4.78, 5) is 4.26. The highest BCUT2D eigenvalue weighted by atomic mass is 32.1. The van der Waals surface area contributed by atoms with Gasteiger partial charge < -0.3 is 4.90 Å². The average molecular weight is 774 g/mol. The lowest BCUT2D eigenvalue weighted by Gasteiger charge is -2.42. The molecule has 0 aliphatic heterocycles. The third-order valence-corrected chi connectivity index (χ3v) is 15.0. The minimum absolute atomic E-state index is 0.0388. The Morgan fingerprint density at radius 3 is 2.24 bits per heavy atom. The van der Waals surface area contributed by atoms with E-state index in [1.807, 2.05) is 11.3 Å². The van der Waals surface area contributed by atoms with Crippen molar-refractivity contribution in [2.75, 3.05) is 0 Å². The highest BCUT2D eigenvalue weighted by Crippen LogP contribution is 2.48. The third kappa shape index (κ3) is 7.15. The molecule has 7 aliphatic carbocycles. The Bertz CT molecular complexity index is 2520. The quantitative estimate of drug-likeness (QED) is 0.220. The van der Waals surface area contributed by atoms with Gasteiger partial charge in [0.05, 0.1) is 12.1 Å². The van der Waals surface area contributed by atoms with Crippen molar-refractivity contribution in [1.29, 1.82) is 0 Å². The molecule has 2 heteroatoms. The predicted octanol–water partition coefficient (Wildman–Crippen LogP) is 14.6. The van der Waals surface area contributed by atoms with Crippen molar-refractivity contribution >= 4 is 32.6 Å². The van der Waals surface area contributed by atoms with Crippen LogP contribution in [0.5, 0.6) is 0 Å². The van der Waals surface area contributed by atoms with Crippen LogP contribution in [0.4, 0.5) is 0 Å². The number of fused-ring (bicyclic) bond motifs is 3. The fourth-order valence-corrected chi connectivity index (χ4v) is 12.0. The monoisotopic (exact) mass is 773 g/mol. The maximum absolute atomic E-state index is 2.74. The lowest BCUT2D eigenvalue weighted by molar-refractivity contribution is 0.235. The van der Waals surface area contributed by atoms with E-state index in [0.29, 0.717) is 23.9 Å². The van der Waals surface area contributed by atoms with Crippen LogP contribution >= 0.6 is 11.3 Å². The van der Waals surface area contributed by atoms with Gasteiger partial charge in [-0.25, -0.2) is 0 Å². The topological polar surface area (TPSA) is 3.24 Å². The van der Waals surface area contributed by atoms with Gasteiger partial charge in [-0.15, -0.1) is 11.3 Å². The normalized spacial score (nSPS) is 27.6. The Labute approximate surface area is 350 Å². The Morgan fingerprint density at radius 2 is 1.53 bits per heavy atom. The Balaban J connectivity index is 0.880. The van der Waals surface area contributed by atoms with Crippen LogP contribution in [0.25, 0.3) is 21.2 Å². The summed E-state index contributed by atoms with van der Waals surface area (Å²) in [5, 5.41) is 1.48. The van der Waals surface area contributed by atoms with Gasteiger partial charge in [0, 0.05) is 26.6 Å². The molecule has 0 spiro atoms. The summed E-state index contributed by atoms with van der Waals surface area (Å²) in [5.41, 5.74) is 14.4. The van der Waals surface area contributed by atoms with Gasteiger partial charge in [-0.3, -0.25) is 0 Å². The molecule has 0 saturated carbocycles. The Hall–Kier alpha value is -5.18. The van der Waals surface area contributed by atoms with Crippen molar-refractivity contribution in [3.63, 3.8) is 0 Å². The molecule has 7 aliphatic rings. The summed E-state index contributed by atoms with van der Waals surface area (Å²) >= 11 is 2.05. The average Bonchev–Trinajstić information content (AvgIpc) is 3.67. The van der Waals surface area contributed by atoms with Crippen molar-refractivity contribution in [3.05, 3.63) is 214 Å². The van der Waals surface area contributed by atoms with Crippen LogP contribution in [0.15, 0.2) is 192 Å². The molecular formula is C56H55NS. The number of hydrogen-bond acceptors (Lipinski definition) is 2. The van der Waals surface area contributed by atoms with E-state index in [4.69, 9.17) is 0 Å². The summed E-state index contributed by atoms with van der Waals surface area (Å²) in [6, 6.07) is 18.6. The molecular weight excluding hydrogens is 719 g/mol. The standard InChI is InChI=1S/C56H55NS/c1-39-12-9-17-46(38-39)50-18-10-19-51-52-20-11-21-53(55(52)58-54(50)51)56(2)36-34-45(35-37-56)44-26-32-49(33-27-44)57(47-28-22-42(23-29-47)40-13-5-3-6-14-40)48-30-24-43(25-31-48)41-15-7-4-8-16-41/h3-9,11-15,17-18,20-24,26-28,30,32,34-36,39,41,47,49H,10,16,19,25,29,31,33,37-38H2,1-2H3. The number of nitrogens with zero attached hydrogens (tertiary/aromatic N) is 1. The number of rotatable bonds is 8. The van der Waals surface area contributed by atoms with Crippen LogP contribution in [0.3, 0.4) is 0 Å². The number of thiophene rings is 1. The van der Waals surface area contributed by atoms with Gasteiger partial charge in [0.2, 0.25) is 0 Å². The molecule has 5 unspecified atom stereocenters. The molecule has 0 bridgehead atoms. The van der Waals surface area contributed by atoms with Crippen molar-refractivity contribution in [3.8, 4) is 0 Å². The van der Waals surface area contributed by atoms with Gasteiger partial charge in [-0.2, -0.15) is 0 Å². The molecule has 0 N–H and O–H groups in total. The molecule has 10 rings (SSSR count). The smallest absolute Gasteiger partial charge is 0.0514 e. The van der Waals surface area contributed by atoms with Gasteiger partial charge in [0.15, 0.2) is 0 Å². The molecule has 1 nitrogen and oxygen atoms in total. The summed E-state index contributed by atoms with van der Waals surface area (Å²) in [6.45, 7) is 4.79. The van der Waals surface area contributed by atoms with Crippen molar-refractivity contribution in [2.45, 2.75) is 89.1 Å². The van der Waals surface area contributed by atoms with Gasteiger partial charge >= 0.3 is 0 Å². The second-order valence-corrected chi connectivity index (χ2v) is 18.6. The van der Waals surface area contributed by atoms with E-state index in [-0.39, 0.29) is 5.41 Å². The van der Waals surface area contributed by atoms with E-state index in [0.717, 1.165) is 57.8 Å². The largest absolute Gasteiger partial charge is 0.361 e. The molecule has 2 aromatic carbocycles. The summed E-state index contributed by atoms with van der Waals surface area (Å²) in [6.07, 6.45) is 55.4. The molecule has 5 atom stereocenters. The van der Waals surface area contributed by atoms with E-state index >= 15 is 0 Å². The summed E-state index contributed by atoms with van der Waals surface area (Å²) < 4.78 is 1.48. The van der Waals surface area contributed by atoms with Crippen LogP contribution in [-0.2, 0) is 11.8 Å². The van der Waals surface area contributed by atoms with Crippen LogP contribution in [0.2, 0.25) is 0 Å². The molecule has 58 heavy (non-hydrogen) atoms. The fourth-order valence-electron chi connectivity index (χ4n) is 10.4. The first-order valence-corrected chi connectivity index (χ1v) is 22.7. The number of benzene rings is 2. The Kier molecular flexibility index (Phi) is 10.2. The predicted molar refractivity (Wildman–Crippen MR) is 250 cm³/mol. The molecule has 1 aromatic heterocycles. The zero-order chi connectivity index (χ0) is 39.1. The van der Waals surface area contributed by atoms with E-state index in [2.05, 4.69) is 183 Å². The van der Waals surface area contributed by atoms with Crippen LogP contribution in [-0.4, -0.2) is 17.0 Å². The van der Waals surface area contributed by atoms with Gasteiger partial charge in [-0.1, -0.05) is 177 Å². The first-order chi connectivity index (χ1) is 28.5. The van der Waals surface area contributed by atoms with Gasteiger partial charge in [-0.05, 0) is 120 Å².